The molecule has 0 amide bonds. The van der Waals surface area contributed by atoms with Gasteiger partial charge in [0.2, 0.25) is 5.95 Å². The van der Waals surface area contributed by atoms with Gasteiger partial charge in [-0.3, -0.25) is 0 Å². The summed E-state index contributed by atoms with van der Waals surface area (Å²) in [5.74, 6) is 2.05. The molecule has 3 aromatic rings. The highest BCUT2D eigenvalue weighted by atomic mass is 35.5. The highest BCUT2D eigenvalue weighted by Gasteiger charge is 2.27. The highest BCUT2D eigenvalue weighted by Crippen LogP contribution is 2.43. The van der Waals surface area contributed by atoms with Crippen molar-refractivity contribution in [2.45, 2.75) is 65.7 Å². The molecule has 0 radical (unpaired) electrons. The molecule has 2 fully saturated rings. The molecular weight excluding hydrogens is 464 g/mol. The molecule has 0 bridgehead atoms. The summed E-state index contributed by atoms with van der Waals surface area (Å²) in [6, 6.07) is 13.5. The Balaban J connectivity index is 1.47. The molecule has 5 rings (SSSR count). The van der Waals surface area contributed by atoms with E-state index in [0.717, 1.165) is 42.4 Å². The van der Waals surface area contributed by atoms with E-state index in [9.17, 15) is 0 Å². The number of hydrogen-bond acceptors (Lipinski definition) is 4. The summed E-state index contributed by atoms with van der Waals surface area (Å²) in [5.41, 5.74) is 9.32. The summed E-state index contributed by atoms with van der Waals surface area (Å²) in [4.78, 5) is 12.0. The van der Waals surface area contributed by atoms with Crippen molar-refractivity contribution in [2.75, 3.05) is 23.3 Å². The lowest BCUT2D eigenvalue weighted by atomic mass is 9.94. The zero-order valence-corrected chi connectivity index (χ0v) is 22.7. The van der Waals surface area contributed by atoms with Gasteiger partial charge < -0.3 is 10.2 Å². The van der Waals surface area contributed by atoms with E-state index in [1.165, 1.54) is 53.6 Å². The van der Waals surface area contributed by atoms with Gasteiger partial charge >= 0.3 is 0 Å². The third kappa shape index (κ3) is 5.29. The van der Waals surface area contributed by atoms with Crippen LogP contribution in [0.15, 0.2) is 48.7 Å². The summed E-state index contributed by atoms with van der Waals surface area (Å²) in [6.07, 6.45) is 9.86. The Hall–Kier alpha value is -2.85. The Bertz CT molecular complexity index is 1280. The fourth-order valence-corrected chi connectivity index (χ4v) is 5.58. The van der Waals surface area contributed by atoms with Gasteiger partial charge in [-0.1, -0.05) is 61.7 Å². The molecule has 2 heterocycles. The predicted octanol–water partition coefficient (Wildman–Crippen LogP) is 8.31. The molecule has 0 spiro atoms. The van der Waals surface area contributed by atoms with Crippen molar-refractivity contribution in [3.63, 3.8) is 0 Å². The second kappa shape index (κ2) is 10.6. The Morgan fingerprint density at radius 1 is 1.14 bits per heavy atom. The Kier molecular flexibility index (Phi) is 7.34. The van der Waals surface area contributed by atoms with Gasteiger partial charge in [0.25, 0.3) is 0 Å². The first-order valence-electron chi connectivity index (χ1n) is 13.4. The van der Waals surface area contributed by atoms with Crippen LogP contribution in [-0.4, -0.2) is 23.1 Å². The van der Waals surface area contributed by atoms with Crippen LogP contribution < -0.4 is 10.2 Å². The number of anilines is 3. The molecule has 1 unspecified atom stereocenters. The minimum atomic E-state index is 0.561. The van der Waals surface area contributed by atoms with Crippen LogP contribution >= 0.6 is 11.6 Å². The van der Waals surface area contributed by atoms with Crippen molar-refractivity contribution >= 4 is 34.5 Å². The summed E-state index contributed by atoms with van der Waals surface area (Å²) in [5, 5.41) is 4.08. The molecule has 1 atom stereocenters. The number of nitrogens with zero attached hydrogens (tertiary/aromatic N) is 3. The van der Waals surface area contributed by atoms with Crippen LogP contribution in [0.25, 0.3) is 5.57 Å². The van der Waals surface area contributed by atoms with Crippen molar-refractivity contribution in [1.82, 2.24) is 9.97 Å². The number of hydrogen-bond donors (Lipinski definition) is 1. The van der Waals surface area contributed by atoms with Gasteiger partial charge in [0.1, 0.15) is 0 Å². The normalized spacial score (nSPS) is 18.1. The number of rotatable bonds is 8. The van der Waals surface area contributed by atoms with Crippen molar-refractivity contribution in [1.29, 1.82) is 0 Å². The molecule has 36 heavy (non-hydrogen) atoms. The highest BCUT2D eigenvalue weighted by molar-refractivity contribution is 6.32. The Morgan fingerprint density at radius 2 is 1.97 bits per heavy atom. The third-order valence-corrected chi connectivity index (χ3v) is 7.97. The third-order valence-electron chi connectivity index (χ3n) is 7.69. The van der Waals surface area contributed by atoms with Gasteiger partial charge in [0.15, 0.2) is 0 Å². The number of aromatic nitrogens is 2. The molecule has 1 N–H and O–H groups in total. The number of nitrogens with one attached hydrogen (secondary N) is 1. The summed E-state index contributed by atoms with van der Waals surface area (Å²) in [6.45, 7) is 10.9. The van der Waals surface area contributed by atoms with Crippen LogP contribution in [0.2, 0.25) is 5.02 Å². The minimum absolute atomic E-state index is 0.561. The van der Waals surface area contributed by atoms with Gasteiger partial charge in [-0.05, 0) is 86.3 Å². The molecule has 4 nitrogen and oxygen atoms in total. The SMILES string of the molecule is C/C=C(\c1ccc(C)cc1CC)c1nc(Nc2cc(C3CC3)cc(N3CCC(CC)C3)c2)ncc1Cl. The first kappa shape index (κ1) is 24.8. The molecule has 188 valence electrons. The molecule has 1 aromatic heterocycles. The zero-order valence-electron chi connectivity index (χ0n) is 21.9. The van der Waals surface area contributed by atoms with Gasteiger partial charge in [-0.2, -0.15) is 0 Å². The summed E-state index contributed by atoms with van der Waals surface area (Å²) >= 11 is 6.66. The van der Waals surface area contributed by atoms with Gasteiger partial charge in [0, 0.05) is 30.0 Å². The molecular formula is C31H37ClN4. The zero-order chi connectivity index (χ0) is 25.2. The van der Waals surface area contributed by atoms with Crippen LogP contribution in [-0.2, 0) is 6.42 Å². The van der Waals surface area contributed by atoms with E-state index in [1.54, 1.807) is 6.20 Å². The van der Waals surface area contributed by atoms with Crippen molar-refractivity contribution in [2.24, 2.45) is 5.92 Å². The van der Waals surface area contributed by atoms with E-state index in [1.807, 2.05) is 6.92 Å². The van der Waals surface area contributed by atoms with Crippen molar-refractivity contribution in [3.8, 4) is 0 Å². The lowest BCUT2D eigenvalue weighted by Gasteiger charge is -2.21. The summed E-state index contributed by atoms with van der Waals surface area (Å²) < 4.78 is 0. The smallest absolute Gasteiger partial charge is 0.227 e. The second-order valence-electron chi connectivity index (χ2n) is 10.3. The monoisotopic (exact) mass is 500 g/mol. The Morgan fingerprint density at radius 3 is 2.67 bits per heavy atom. The molecule has 2 aromatic carbocycles. The van der Waals surface area contributed by atoms with Crippen LogP contribution in [0.5, 0.6) is 0 Å². The van der Waals surface area contributed by atoms with E-state index in [2.05, 4.69) is 78.4 Å². The van der Waals surface area contributed by atoms with Crippen LogP contribution in [0, 0.1) is 12.8 Å². The van der Waals surface area contributed by atoms with Crippen LogP contribution in [0.3, 0.4) is 0 Å². The average Bonchev–Trinajstić information content (AvgIpc) is 3.63. The molecule has 1 aliphatic heterocycles. The molecule has 5 heteroatoms. The Labute approximate surface area is 220 Å². The molecule has 2 aliphatic rings. The minimum Gasteiger partial charge on any atom is -0.371 e. The van der Waals surface area contributed by atoms with Crippen molar-refractivity contribution < 1.29 is 0 Å². The van der Waals surface area contributed by atoms with E-state index in [-0.39, 0.29) is 0 Å². The van der Waals surface area contributed by atoms with Crippen molar-refractivity contribution in [3.05, 3.63) is 81.6 Å². The number of allylic oxidation sites excluding steroid dienone is 1. The van der Waals surface area contributed by atoms with E-state index < -0.39 is 0 Å². The maximum absolute atomic E-state index is 6.66. The second-order valence-corrected chi connectivity index (χ2v) is 10.7. The van der Waals surface area contributed by atoms with Gasteiger partial charge in [-0.15, -0.1) is 0 Å². The van der Waals surface area contributed by atoms with Gasteiger partial charge in [-0.25, -0.2) is 9.97 Å². The largest absolute Gasteiger partial charge is 0.371 e. The first-order valence-corrected chi connectivity index (χ1v) is 13.8. The average molecular weight is 501 g/mol. The number of benzene rings is 2. The molecule has 1 saturated carbocycles. The van der Waals surface area contributed by atoms with E-state index in [4.69, 9.17) is 16.6 Å². The standard InChI is InChI=1S/C31H37ClN4/c1-5-21-12-13-36(19-21)26-16-24(23-9-10-23)15-25(17-26)34-31-33-18-29(32)30(35-31)27(7-3)28-11-8-20(4)14-22(28)6-2/h7-8,11,14-18,21,23H,5-6,9-10,12-13,19H2,1-4H3,(H,33,34,35)/b27-7+. The summed E-state index contributed by atoms with van der Waals surface area (Å²) in [7, 11) is 0. The van der Waals surface area contributed by atoms with Gasteiger partial charge in [0.05, 0.1) is 16.9 Å². The maximum atomic E-state index is 6.66. The lowest BCUT2D eigenvalue weighted by molar-refractivity contribution is 0.569. The topological polar surface area (TPSA) is 41.1 Å². The quantitative estimate of drug-likeness (QED) is 0.337. The predicted molar refractivity (Wildman–Crippen MR) is 153 cm³/mol. The van der Waals surface area contributed by atoms with E-state index in [0.29, 0.717) is 16.9 Å². The molecule has 1 aliphatic carbocycles. The van der Waals surface area contributed by atoms with Crippen LogP contribution in [0.4, 0.5) is 17.3 Å². The number of halogens is 1. The number of aryl methyl sites for hydroxylation is 2. The molecule has 1 saturated heterocycles. The fourth-order valence-electron chi connectivity index (χ4n) is 5.39. The maximum Gasteiger partial charge on any atom is 0.227 e. The fraction of sp³-hybridized carbons (Fsp3) is 0.419. The lowest BCUT2D eigenvalue weighted by Crippen LogP contribution is -2.19. The van der Waals surface area contributed by atoms with Crippen LogP contribution in [0.1, 0.15) is 80.3 Å². The first-order chi connectivity index (χ1) is 17.5. The van der Waals surface area contributed by atoms with E-state index >= 15 is 0 Å².